The van der Waals surface area contributed by atoms with Crippen LogP contribution in [0, 0.1) is 11.8 Å². The first-order valence-corrected chi connectivity index (χ1v) is 9.86. The molecular weight excluding hydrogens is 396 g/mol. The number of hydrogen-bond acceptors (Lipinski definition) is 6. The second-order valence-corrected chi connectivity index (χ2v) is 8.24. The number of H-pyrrole nitrogens is 1. The number of aromatic amines is 1. The van der Waals surface area contributed by atoms with Gasteiger partial charge in [0.25, 0.3) is 5.56 Å². The van der Waals surface area contributed by atoms with Crippen LogP contribution in [0.5, 0.6) is 0 Å². The third kappa shape index (κ3) is 5.01. The summed E-state index contributed by atoms with van der Waals surface area (Å²) in [6.07, 6.45) is 1.24. The van der Waals surface area contributed by atoms with E-state index in [0.717, 1.165) is 19.4 Å². The van der Waals surface area contributed by atoms with Gasteiger partial charge in [-0.3, -0.25) is 14.3 Å². The molecule has 1 saturated heterocycles. The number of imidazole rings is 1. The molecule has 3 rings (SSSR count). The highest BCUT2D eigenvalue weighted by atomic mass is 35.5. The standard InChI is InChI=1S/C19H25ClN6O3/c1-5-6-10-26-13-14(22-16(20)24-15(13)27)23-17(26)25-9-7-8-12(11-25)21-18(28)29-19(2,3)4/h12H,7-11H2,1-4H3,(H,21,28)(H,22,24,27). The highest BCUT2D eigenvalue weighted by Crippen LogP contribution is 2.23. The summed E-state index contributed by atoms with van der Waals surface area (Å²) in [7, 11) is 0. The first-order chi connectivity index (χ1) is 13.7. The molecule has 0 aromatic carbocycles. The van der Waals surface area contributed by atoms with Gasteiger partial charge in [-0.15, -0.1) is 5.92 Å². The molecule has 2 aromatic heterocycles. The molecule has 1 fully saturated rings. The Morgan fingerprint density at radius 3 is 2.86 bits per heavy atom. The average Bonchev–Trinajstić information content (AvgIpc) is 2.97. The van der Waals surface area contributed by atoms with Gasteiger partial charge < -0.3 is 15.0 Å². The molecule has 2 aromatic rings. The fourth-order valence-electron chi connectivity index (χ4n) is 3.30. The van der Waals surface area contributed by atoms with E-state index in [4.69, 9.17) is 16.3 Å². The molecule has 156 valence electrons. The molecule has 9 nitrogen and oxygen atoms in total. The van der Waals surface area contributed by atoms with Gasteiger partial charge in [0.2, 0.25) is 11.2 Å². The van der Waals surface area contributed by atoms with Crippen LogP contribution in [0.2, 0.25) is 5.28 Å². The van der Waals surface area contributed by atoms with Crippen LogP contribution in [0.4, 0.5) is 10.7 Å². The molecule has 1 amide bonds. The lowest BCUT2D eigenvalue weighted by molar-refractivity contribution is 0.0500. The second kappa shape index (κ2) is 8.33. The number of nitrogens with zero attached hydrogens (tertiary/aromatic N) is 4. The van der Waals surface area contributed by atoms with Crippen LogP contribution in [-0.2, 0) is 11.3 Å². The largest absolute Gasteiger partial charge is 0.444 e. The van der Waals surface area contributed by atoms with Gasteiger partial charge in [-0.1, -0.05) is 5.92 Å². The molecule has 1 aliphatic rings. The van der Waals surface area contributed by atoms with E-state index in [9.17, 15) is 9.59 Å². The van der Waals surface area contributed by atoms with Gasteiger partial charge in [0.05, 0.1) is 6.54 Å². The zero-order chi connectivity index (χ0) is 21.2. The van der Waals surface area contributed by atoms with Crippen molar-refractivity contribution in [3.8, 4) is 11.8 Å². The lowest BCUT2D eigenvalue weighted by atomic mass is 10.1. The zero-order valence-electron chi connectivity index (χ0n) is 17.0. The average molecular weight is 421 g/mol. The van der Waals surface area contributed by atoms with Crippen molar-refractivity contribution in [3.05, 3.63) is 15.6 Å². The smallest absolute Gasteiger partial charge is 0.407 e. The molecule has 10 heteroatoms. The Morgan fingerprint density at radius 1 is 1.41 bits per heavy atom. The van der Waals surface area contributed by atoms with E-state index in [0.29, 0.717) is 24.6 Å². The summed E-state index contributed by atoms with van der Waals surface area (Å²) in [6.45, 7) is 8.79. The molecule has 1 unspecified atom stereocenters. The summed E-state index contributed by atoms with van der Waals surface area (Å²) < 4.78 is 7.10. The van der Waals surface area contributed by atoms with Crippen LogP contribution < -0.4 is 15.8 Å². The third-order valence-corrected chi connectivity index (χ3v) is 4.58. The molecule has 29 heavy (non-hydrogen) atoms. The fourth-order valence-corrected chi connectivity index (χ4v) is 3.47. The quantitative estimate of drug-likeness (QED) is 0.583. The number of anilines is 1. The van der Waals surface area contributed by atoms with E-state index < -0.39 is 11.7 Å². The monoisotopic (exact) mass is 420 g/mol. The lowest BCUT2D eigenvalue weighted by Gasteiger charge is -2.34. The number of alkyl carbamates (subject to hydrolysis) is 1. The van der Waals surface area contributed by atoms with Gasteiger partial charge in [-0.2, -0.15) is 9.97 Å². The van der Waals surface area contributed by atoms with Crippen LogP contribution >= 0.6 is 11.6 Å². The Labute approximate surface area is 173 Å². The van der Waals surface area contributed by atoms with Crippen molar-refractivity contribution in [2.75, 3.05) is 18.0 Å². The van der Waals surface area contributed by atoms with Crippen molar-refractivity contribution in [1.82, 2.24) is 24.8 Å². The number of hydrogen-bond donors (Lipinski definition) is 2. The summed E-state index contributed by atoms with van der Waals surface area (Å²) in [5, 5.41) is 2.91. The van der Waals surface area contributed by atoms with Crippen molar-refractivity contribution in [2.45, 2.75) is 58.7 Å². The number of fused-ring (bicyclic) bond motifs is 1. The number of carbonyl (C=O) groups excluding carboxylic acids is 1. The van der Waals surface area contributed by atoms with Crippen LogP contribution in [0.1, 0.15) is 40.5 Å². The number of rotatable bonds is 3. The molecule has 0 aliphatic carbocycles. The maximum Gasteiger partial charge on any atom is 0.407 e. The van der Waals surface area contributed by atoms with Crippen LogP contribution in [0.3, 0.4) is 0 Å². The summed E-state index contributed by atoms with van der Waals surface area (Å²) in [4.78, 5) is 37.8. The fraction of sp³-hybridized carbons (Fsp3) is 0.579. The molecule has 0 radical (unpaired) electrons. The van der Waals surface area contributed by atoms with Crippen LogP contribution in [0.25, 0.3) is 11.2 Å². The molecule has 0 spiro atoms. The van der Waals surface area contributed by atoms with E-state index in [2.05, 4.69) is 32.1 Å². The minimum absolute atomic E-state index is 0.0108. The Balaban J connectivity index is 1.88. The maximum atomic E-state index is 12.4. The van der Waals surface area contributed by atoms with Gasteiger partial charge in [0, 0.05) is 19.1 Å². The summed E-state index contributed by atoms with van der Waals surface area (Å²) in [5.74, 6) is 6.40. The van der Waals surface area contributed by atoms with Crippen molar-refractivity contribution >= 4 is 34.8 Å². The molecule has 3 heterocycles. The van der Waals surface area contributed by atoms with Gasteiger partial charge in [0.1, 0.15) is 5.60 Å². The molecule has 0 bridgehead atoms. The number of halogens is 1. The van der Waals surface area contributed by atoms with Crippen molar-refractivity contribution in [1.29, 1.82) is 0 Å². The van der Waals surface area contributed by atoms with Crippen molar-refractivity contribution < 1.29 is 9.53 Å². The molecular formula is C19H25ClN6O3. The molecule has 1 aliphatic heterocycles. The van der Waals surface area contributed by atoms with E-state index in [1.807, 2.05) is 25.7 Å². The second-order valence-electron chi connectivity index (χ2n) is 7.89. The van der Waals surface area contributed by atoms with Gasteiger partial charge >= 0.3 is 6.09 Å². The van der Waals surface area contributed by atoms with E-state index in [1.54, 1.807) is 11.5 Å². The molecule has 1 atom stereocenters. The Kier molecular flexibility index (Phi) is 6.03. The number of amides is 1. The van der Waals surface area contributed by atoms with Gasteiger partial charge in [0.15, 0.2) is 11.2 Å². The number of aromatic nitrogens is 4. The van der Waals surface area contributed by atoms with Crippen LogP contribution in [0.15, 0.2) is 4.79 Å². The topological polar surface area (TPSA) is 105 Å². The highest BCUT2D eigenvalue weighted by Gasteiger charge is 2.28. The summed E-state index contributed by atoms with van der Waals surface area (Å²) in [6, 6.07) is -0.0982. The number of carbonyl (C=O) groups is 1. The lowest BCUT2D eigenvalue weighted by Crippen LogP contribution is -2.49. The van der Waals surface area contributed by atoms with Crippen LogP contribution in [-0.4, -0.2) is 50.3 Å². The number of ether oxygens (including phenoxy) is 1. The highest BCUT2D eigenvalue weighted by molar-refractivity contribution is 6.28. The van der Waals surface area contributed by atoms with Gasteiger partial charge in [-0.25, -0.2) is 4.79 Å². The predicted molar refractivity (Wildman–Crippen MR) is 111 cm³/mol. The SMILES string of the molecule is CC#CCn1c(N2CCCC(NC(=O)OC(C)(C)C)C2)nc2nc(Cl)[nH]c(=O)c21. The predicted octanol–water partition coefficient (Wildman–Crippen LogP) is 2.29. The first-order valence-electron chi connectivity index (χ1n) is 9.48. The van der Waals surface area contributed by atoms with Crippen molar-refractivity contribution in [3.63, 3.8) is 0 Å². The van der Waals surface area contributed by atoms with E-state index in [-0.39, 0.29) is 22.5 Å². The normalized spacial score (nSPS) is 17.0. The molecule has 2 N–H and O–H groups in total. The summed E-state index contributed by atoms with van der Waals surface area (Å²) >= 11 is 5.89. The van der Waals surface area contributed by atoms with Crippen molar-refractivity contribution in [2.24, 2.45) is 0 Å². The molecule has 0 saturated carbocycles. The maximum absolute atomic E-state index is 12.4. The summed E-state index contributed by atoms with van der Waals surface area (Å²) in [5.41, 5.74) is -0.322. The minimum atomic E-state index is -0.558. The minimum Gasteiger partial charge on any atom is -0.444 e. The zero-order valence-corrected chi connectivity index (χ0v) is 17.8. The Hall–Kier alpha value is -2.73. The number of piperidine rings is 1. The van der Waals surface area contributed by atoms with Gasteiger partial charge in [-0.05, 0) is 52.1 Å². The van der Waals surface area contributed by atoms with E-state index in [1.165, 1.54) is 0 Å². The first kappa shape index (κ1) is 21.0. The Morgan fingerprint density at radius 2 is 2.17 bits per heavy atom. The van der Waals surface area contributed by atoms with E-state index >= 15 is 0 Å². The Bertz CT molecular complexity index is 1030. The number of nitrogens with one attached hydrogen (secondary N) is 2. The third-order valence-electron chi connectivity index (χ3n) is 4.40.